The third kappa shape index (κ3) is 8.94. The van der Waals surface area contributed by atoms with Gasteiger partial charge in [0.2, 0.25) is 0 Å². The molecule has 0 aromatic heterocycles. The van der Waals surface area contributed by atoms with Crippen molar-refractivity contribution in [2.24, 2.45) is 34.5 Å². The Labute approximate surface area is 193 Å². The zero-order valence-corrected chi connectivity index (χ0v) is 22.4. The van der Waals surface area contributed by atoms with Crippen LogP contribution in [0, 0.1) is 34.5 Å². The van der Waals surface area contributed by atoms with E-state index in [0.717, 1.165) is 37.9 Å². The second kappa shape index (κ2) is 10.0. The lowest BCUT2D eigenvalue weighted by Gasteiger charge is -2.45. The molecule has 2 rings (SSSR count). The third-order valence-electron chi connectivity index (χ3n) is 7.30. The van der Waals surface area contributed by atoms with Crippen molar-refractivity contribution < 1.29 is 9.53 Å². The van der Waals surface area contributed by atoms with Crippen molar-refractivity contribution in [1.82, 2.24) is 9.80 Å². The van der Waals surface area contributed by atoms with Crippen molar-refractivity contribution in [3.05, 3.63) is 0 Å². The van der Waals surface area contributed by atoms with Gasteiger partial charge in [0.1, 0.15) is 5.60 Å². The zero-order chi connectivity index (χ0) is 23.6. The molecule has 2 fully saturated rings. The molecule has 0 radical (unpaired) electrons. The molecule has 2 aliphatic rings. The molecule has 2 saturated heterocycles. The van der Waals surface area contributed by atoms with Gasteiger partial charge >= 0.3 is 6.09 Å². The molecule has 2 aliphatic heterocycles. The Morgan fingerprint density at radius 1 is 0.839 bits per heavy atom. The predicted molar refractivity (Wildman–Crippen MR) is 131 cm³/mol. The molecular formula is C27H52N2O2. The maximum Gasteiger partial charge on any atom is 0.410 e. The number of carbonyl (C=O) groups excluding carboxylic acids is 1. The van der Waals surface area contributed by atoms with E-state index in [1.54, 1.807) is 0 Å². The van der Waals surface area contributed by atoms with Crippen LogP contribution in [0.2, 0.25) is 0 Å². The van der Waals surface area contributed by atoms with Crippen molar-refractivity contribution in [1.29, 1.82) is 0 Å². The summed E-state index contributed by atoms with van der Waals surface area (Å²) in [7, 11) is 0. The molecule has 4 nitrogen and oxygen atoms in total. The van der Waals surface area contributed by atoms with Gasteiger partial charge in [0.05, 0.1) is 0 Å². The molecule has 0 spiro atoms. The Balaban J connectivity index is 1.94. The van der Waals surface area contributed by atoms with E-state index in [2.05, 4.69) is 53.4 Å². The standard InChI is InChI=1S/C27H52N2O2/c1-20-11-13-28(17-22(20)15-25(3,4)5)19-27(9,10)16-23-18-29(14-12-21(23)2)24(30)31-26(6,7)8/h20-23H,11-19H2,1-10H3. The Bertz CT molecular complexity index is 587. The van der Waals surface area contributed by atoms with Gasteiger partial charge in [-0.15, -0.1) is 0 Å². The minimum absolute atomic E-state index is 0.141. The van der Waals surface area contributed by atoms with E-state index in [0.29, 0.717) is 17.3 Å². The van der Waals surface area contributed by atoms with Crippen LogP contribution in [0.5, 0.6) is 0 Å². The van der Waals surface area contributed by atoms with Gasteiger partial charge in [-0.05, 0) is 87.5 Å². The monoisotopic (exact) mass is 436 g/mol. The molecule has 0 saturated carbocycles. The number of piperidine rings is 2. The van der Waals surface area contributed by atoms with Crippen LogP contribution >= 0.6 is 0 Å². The number of amides is 1. The molecule has 0 N–H and O–H groups in total. The highest BCUT2D eigenvalue weighted by molar-refractivity contribution is 5.68. The maximum atomic E-state index is 12.6. The average molecular weight is 437 g/mol. The Kier molecular flexibility index (Phi) is 8.55. The molecule has 0 aromatic rings. The Morgan fingerprint density at radius 2 is 1.39 bits per heavy atom. The molecule has 2 heterocycles. The highest BCUT2D eigenvalue weighted by Gasteiger charge is 2.37. The lowest BCUT2D eigenvalue weighted by Crippen LogP contribution is -2.48. The van der Waals surface area contributed by atoms with Gasteiger partial charge in [-0.2, -0.15) is 0 Å². The number of hydrogen-bond acceptors (Lipinski definition) is 3. The number of ether oxygens (including phenoxy) is 1. The molecule has 1 amide bonds. The minimum Gasteiger partial charge on any atom is -0.444 e. The summed E-state index contributed by atoms with van der Waals surface area (Å²) in [6.45, 7) is 28.0. The number of nitrogens with zero attached hydrogens (tertiary/aromatic N) is 2. The van der Waals surface area contributed by atoms with Crippen molar-refractivity contribution in [2.45, 2.75) is 101 Å². The summed E-state index contributed by atoms with van der Waals surface area (Å²) in [5, 5.41) is 0. The second-order valence-electron chi connectivity index (χ2n) is 13.8. The van der Waals surface area contributed by atoms with Crippen molar-refractivity contribution in [3.8, 4) is 0 Å². The molecular weight excluding hydrogens is 384 g/mol. The smallest absolute Gasteiger partial charge is 0.410 e. The van der Waals surface area contributed by atoms with E-state index in [9.17, 15) is 4.79 Å². The topological polar surface area (TPSA) is 32.8 Å². The Morgan fingerprint density at radius 3 is 1.94 bits per heavy atom. The Hall–Kier alpha value is -0.770. The van der Waals surface area contributed by atoms with E-state index < -0.39 is 5.60 Å². The van der Waals surface area contributed by atoms with Crippen LogP contribution in [0.1, 0.15) is 94.9 Å². The molecule has 4 unspecified atom stereocenters. The highest BCUT2D eigenvalue weighted by atomic mass is 16.6. The maximum absolute atomic E-state index is 12.6. The van der Waals surface area contributed by atoms with Gasteiger partial charge in [0.25, 0.3) is 0 Å². The fourth-order valence-corrected chi connectivity index (χ4v) is 5.71. The third-order valence-corrected chi connectivity index (χ3v) is 7.30. The van der Waals surface area contributed by atoms with Crippen molar-refractivity contribution >= 4 is 6.09 Å². The lowest BCUT2D eigenvalue weighted by atomic mass is 9.73. The summed E-state index contributed by atoms with van der Waals surface area (Å²) in [5.41, 5.74) is 0.229. The minimum atomic E-state index is -0.427. The van der Waals surface area contributed by atoms with Gasteiger partial charge in [0.15, 0.2) is 0 Å². The van der Waals surface area contributed by atoms with E-state index in [4.69, 9.17) is 4.74 Å². The number of hydrogen-bond donors (Lipinski definition) is 0. The molecule has 0 aromatic carbocycles. The average Bonchev–Trinajstić information content (AvgIpc) is 2.56. The van der Waals surface area contributed by atoms with Gasteiger partial charge in [-0.3, -0.25) is 0 Å². The lowest BCUT2D eigenvalue weighted by molar-refractivity contribution is 0.00363. The summed E-state index contributed by atoms with van der Waals surface area (Å²) in [6.07, 6.45) is 4.74. The second-order valence-corrected chi connectivity index (χ2v) is 13.8. The van der Waals surface area contributed by atoms with E-state index in [-0.39, 0.29) is 11.5 Å². The van der Waals surface area contributed by atoms with E-state index >= 15 is 0 Å². The molecule has 182 valence electrons. The highest BCUT2D eigenvalue weighted by Crippen LogP contribution is 2.38. The van der Waals surface area contributed by atoms with Crippen molar-refractivity contribution in [2.75, 3.05) is 32.7 Å². The first kappa shape index (κ1) is 26.5. The predicted octanol–water partition coefficient (Wildman–Crippen LogP) is 6.69. The largest absolute Gasteiger partial charge is 0.444 e. The number of likely N-dealkylation sites (tertiary alicyclic amines) is 2. The van der Waals surface area contributed by atoms with Crippen LogP contribution in [0.25, 0.3) is 0 Å². The first-order chi connectivity index (χ1) is 14.0. The molecule has 4 atom stereocenters. The van der Waals surface area contributed by atoms with Crippen LogP contribution in [0.15, 0.2) is 0 Å². The van der Waals surface area contributed by atoms with Crippen molar-refractivity contribution in [3.63, 3.8) is 0 Å². The summed E-state index contributed by atoms with van der Waals surface area (Å²) >= 11 is 0. The van der Waals surface area contributed by atoms with Crippen LogP contribution in [0.4, 0.5) is 4.79 Å². The summed E-state index contributed by atoms with van der Waals surface area (Å²) in [6, 6.07) is 0. The van der Waals surface area contributed by atoms with Gasteiger partial charge in [-0.1, -0.05) is 48.5 Å². The van der Waals surface area contributed by atoms with Gasteiger partial charge in [0, 0.05) is 26.2 Å². The molecule has 0 bridgehead atoms. The van der Waals surface area contributed by atoms with Crippen LogP contribution in [-0.4, -0.2) is 54.2 Å². The number of rotatable bonds is 5. The van der Waals surface area contributed by atoms with E-state index in [1.165, 1.54) is 32.4 Å². The molecule has 0 aliphatic carbocycles. The fraction of sp³-hybridized carbons (Fsp3) is 0.963. The number of carbonyl (C=O) groups is 1. The zero-order valence-electron chi connectivity index (χ0n) is 22.4. The summed E-state index contributed by atoms with van der Waals surface area (Å²) in [5.74, 6) is 2.85. The fourth-order valence-electron chi connectivity index (χ4n) is 5.71. The van der Waals surface area contributed by atoms with Crippen LogP contribution < -0.4 is 0 Å². The van der Waals surface area contributed by atoms with Crippen LogP contribution in [-0.2, 0) is 4.74 Å². The summed E-state index contributed by atoms with van der Waals surface area (Å²) < 4.78 is 5.65. The van der Waals surface area contributed by atoms with Gasteiger partial charge < -0.3 is 14.5 Å². The van der Waals surface area contributed by atoms with Gasteiger partial charge in [-0.25, -0.2) is 4.79 Å². The summed E-state index contributed by atoms with van der Waals surface area (Å²) in [4.78, 5) is 17.3. The first-order valence-electron chi connectivity index (χ1n) is 12.7. The normalized spacial score (nSPS) is 29.2. The molecule has 4 heteroatoms. The quantitative estimate of drug-likeness (QED) is 0.481. The molecule has 31 heavy (non-hydrogen) atoms. The first-order valence-corrected chi connectivity index (χ1v) is 12.7. The van der Waals surface area contributed by atoms with Crippen LogP contribution in [0.3, 0.4) is 0 Å². The van der Waals surface area contributed by atoms with E-state index in [1.807, 2.05) is 25.7 Å². The SMILES string of the molecule is CC1CCN(CC(C)(C)CC2CN(C(=O)OC(C)(C)C)CCC2C)CC1CC(C)(C)C.